The number of aromatic amines is 1. The van der Waals surface area contributed by atoms with Crippen LogP contribution in [-0.4, -0.2) is 29.0 Å². The van der Waals surface area contributed by atoms with Crippen molar-refractivity contribution in [3.8, 4) is 0 Å². The highest BCUT2D eigenvalue weighted by atomic mass is 32.2. The second kappa shape index (κ2) is 4.91. The van der Waals surface area contributed by atoms with Gasteiger partial charge in [-0.3, -0.25) is 4.79 Å². The molecule has 9 nitrogen and oxygen atoms in total. The molecule has 0 radical (unpaired) electrons. The smallest absolute Gasteiger partial charge is 0.276 e. The Morgan fingerprint density at radius 2 is 2.05 bits per heavy atom. The minimum absolute atomic E-state index is 0.0969. The molecule has 2 heterocycles. The van der Waals surface area contributed by atoms with Gasteiger partial charge in [0.25, 0.3) is 16.0 Å². The molecule has 2 aromatic heterocycles. The van der Waals surface area contributed by atoms with Gasteiger partial charge in [-0.05, 0) is 37.3 Å². The van der Waals surface area contributed by atoms with Gasteiger partial charge in [0.1, 0.15) is 11.3 Å². The zero-order valence-corrected chi connectivity index (χ0v) is 12.4. The Labute approximate surface area is 124 Å². The first-order valence-electron chi connectivity index (χ1n) is 6.19. The van der Waals surface area contributed by atoms with Crippen LogP contribution >= 0.6 is 0 Å². The number of aryl methyl sites for hydroxylation is 1. The Morgan fingerprint density at radius 3 is 2.73 bits per heavy atom. The highest BCUT2D eigenvalue weighted by molar-refractivity contribution is 7.92. The Kier molecular flexibility index (Phi) is 3.17. The molecule has 22 heavy (non-hydrogen) atoms. The fraction of sp³-hybridized carbons (Fsp3) is 0.167. The zero-order chi connectivity index (χ0) is 15.9. The third kappa shape index (κ3) is 2.33. The number of anilines is 1. The fourth-order valence-corrected chi connectivity index (χ4v) is 2.90. The molecule has 3 aromatic rings. The first-order chi connectivity index (χ1) is 10.4. The summed E-state index contributed by atoms with van der Waals surface area (Å²) in [4.78, 5) is 12.1. The maximum absolute atomic E-state index is 12.2. The highest BCUT2D eigenvalue weighted by Gasteiger charge is 2.18. The maximum atomic E-state index is 12.2. The van der Waals surface area contributed by atoms with Crippen LogP contribution in [0.3, 0.4) is 0 Å². The molecule has 0 fully saturated rings. The number of H-pyrrole nitrogens is 1. The molecule has 3 rings (SSSR count). The SMILES string of the molecule is Cc1oc2ccc(S(=O)(=O)Nc3nn[nH]n3)cc2c(=O)c1C. The van der Waals surface area contributed by atoms with Crippen LogP contribution in [0.2, 0.25) is 0 Å². The molecule has 10 heteroatoms. The molecule has 0 saturated carbocycles. The molecule has 0 amide bonds. The third-order valence-corrected chi connectivity index (χ3v) is 4.53. The number of nitrogens with one attached hydrogen (secondary N) is 2. The van der Waals surface area contributed by atoms with Gasteiger partial charge in [-0.2, -0.15) is 5.21 Å². The summed E-state index contributed by atoms with van der Waals surface area (Å²) in [6.07, 6.45) is 0. The van der Waals surface area contributed by atoms with Crippen LogP contribution in [0.15, 0.2) is 32.3 Å². The number of aromatic nitrogens is 4. The van der Waals surface area contributed by atoms with Gasteiger partial charge in [-0.1, -0.05) is 5.10 Å². The molecule has 0 bridgehead atoms. The summed E-state index contributed by atoms with van der Waals surface area (Å²) in [5.41, 5.74) is 0.496. The van der Waals surface area contributed by atoms with Crippen molar-refractivity contribution in [2.75, 3.05) is 4.72 Å². The largest absolute Gasteiger partial charge is 0.461 e. The van der Waals surface area contributed by atoms with Gasteiger partial charge in [0.05, 0.1) is 10.3 Å². The summed E-state index contributed by atoms with van der Waals surface area (Å²) in [5.74, 6) is 0.310. The van der Waals surface area contributed by atoms with Gasteiger partial charge in [-0.25, -0.2) is 13.1 Å². The van der Waals surface area contributed by atoms with Crippen molar-refractivity contribution in [1.82, 2.24) is 20.6 Å². The Morgan fingerprint density at radius 1 is 1.27 bits per heavy atom. The summed E-state index contributed by atoms with van der Waals surface area (Å²) < 4.78 is 32.1. The van der Waals surface area contributed by atoms with E-state index in [4.69, 9.17) is 4.42 Å². The van der Waals surface area contributed by atoms with Crippen molar-refractivity contribution in [3.05, 3.63) is 39.7 Å². The second-order valence-electron chi connectivity index (χ2n) is 4.61. The van der Waals surface area contributed by atoms with Crippen molar-refractivity contribution in [1.29, 1.82) is 0 Å². The highest BCUT2D eigenvalue weighted by Crippen LogP contribution is 2.20. The number of nitrogens with zero attached hydrogens (tertiary/aromatic N) is 3. The number of rotatable bonds is 3. The predicted octanol–water partition coefficient (Wildman–Crippen LogP) is 0.724. The van der Waals surface area contributed by atoms with E-state index in [1.807, 2.05) is 0 Å². The summed E-state index contributed by atoms with van der Waals surface area (Å²) in [7, 11) is -3.93. The lowest BCUT2D eigenvalue weighted by molar-refractivity contribution is 0.558. The molecule has 1 aromatic carbocycles. The number of fused-ring (bicyclic) bond motifs is 1. The van der Waals surface area contributed by atoms with Crippen molar-refractivity contribution >= 4 is 26.9 Å². The first-order valence-corrected chi connectivity index (χ1v) is 7.67. The molecule has 0 aliphatic heterocycles. The van der Waals surface area contributed by atoms with Gasteiger partial charge < -0.3 is 4.42 Å². The average molecular weight is 321 g/mol. The van der Waals surface area contributed by atoms with Gasteiger partial charge in [0.15, 0.2) is 5.43 Å². The van der Waals surface area contributed by atoms with Crippen LogP contribution in [0.1, 0.15) is 11.3 Å². The quantitative estimate of drug-likeness (QED) is 0.726. The second-order valence-corrected chi connectivity index (χ2v) is 6.29. The van der Waals surface area contributed by atoms with Gasteiger partial charge in [0.2, 0.25) is 0 Å². The van der Waals surface area contributed by atoms with E-state index >= 15 is 0 Å². The monoisotopic (exact) mass is 321 g/mol. The Hall–Kier alpha value is -2.75. The minimum atomic E-state index is -3.93. The molecule has 0 unspecified atom stereocenters. The van der Waals surface area contributed by atoms with E-state index in [9.17, 15) is 13.2 Å². The molecule has 114 valence electrons. The lowest BCUT2D eigenvalue weighted by Crippen LogP contribution is -2.15. The van der Waals surface area contributed by atoms with Crippen LogP contribution in [0.25, 0.3) is 11.0 Å². The van der Waals surface area contributed by atoms with E-state index in [-0.39, 0.29) is 21.7 Å². The first kappa shape index (κ1) is 14.2. The molecule has 0 aliphatic carbocycles. The van der Waals surface area contributed by atoms with Crippen LogP contribution < -0.4 is 10.2 Å². The molecular weight excluding hydrogens is 310 g/mol. The number of sulfonamides is 1. The summed E-state index contributed by atoms with van der Waals surface area (Å²) >= 11 is 0. The number of tetrazole rings is 1. The number of hydrogen-bond donors (Lipinski definition) is 2. The lowest BCUT2D eigenvalue weighted by Gasteiger charge is -2.06. The van der Waals surface area contributed by atoms with Gasteiger partial charge in [-0.15, -0.1) is 5.10 Å². The van der Waals surface area contributed by atoms with E-state index in [2.05, 4.69) is 25.3 Å². The summed E-state index contributed by atoms with van der Waals surface area (Å²) in [6.45, 7) is 3.30. The Balaban J connectivity index is 2.14. The molecule has 0 aliphatic rings. The van der Waals surface area contributed by atoms with Crippen LogP contribution in [0, 0.1) is 13.8 Å². The third-order valence-electron chi connectivity index (χ3n) is 3.21. The number of benzene rings is 1. The topological polar surface area (TPSA) is 131 Å². The van der Waals surface area contributed by atoms with Gasteiger partial charge >= 0.3 is 0 Å². The van der Waals surface area contributed by atoms with E-state index in [0.717, 1.165) is 0 Å². The summed E-state index contributed by atoms with van der Waals surface area (Å²) in [6, 6.07) is 4.03. The van der Waals surface area contributed by atoms with E-state index < -0.39 is 10.0 Å². The molecular formula is C12H11N5O4S. The van der Waals surface area contributed by atoms with Crippen molar-refractivity contribution in [2.24, 2.45) is 0 Å². The van der Waals surface area contributed by atoms with Crippen LogP contribution in [-0.2, 0) is 10.0 Å². The van der Waals surface area contributed by atoms with E-state index in [1.165, 1.54) is 18.2 Å². The predicted molar refractivity (Wildman–Crippen MR) is 76.9 cm³/mol. The molecule has 0 saturated heterocycles. The van der Waals surface area contributed by atoms with Crippen LogP contribution in [0.5, 0.6) is 0 Å². The number of hydrogen-bond acceptors (Lipinski definition) is 7. The Bertz CT molecular complexity index is 1010. The maximum Gasteiger partial charge on any atom is 0.276 e. The fourth-order valence-electron chi connectivity index (χ4n) is 1.93. The molecule has 0 spiro atoms. The molecule has 0 atom stereocenters. The average Bonchev–Trinajstić information content (AvgIpc) is 2.96. The normalized spacial score (nSPS) is 11.7. The van der Waals surface area contributed by atoms with E-state index in [0.29, 0.717) is 16.9 Å². The minimum Gasteiger partial charge on any atom is -0.461 e. The van der Waals surface area contributed by atoms with Crippen molar-refractivity contribution in [2.45, 2.75) is 18.7 Å². The van der Waals surface area contributed by atoms with Crippen molar-refractivity contribution in [3.63, 3.8) is 0 Å². The van der Waals surface area contributed by atoms with E-state index in [1.54, 1.807) is 13.8 Å². The van der Waals surface area contributed by atoms with Gasteiger partial charge in [0, 0.05) is 5.56 Å². The van der Waals surface area contributed by atoms with Crippen LogP contribution in [0.4, 0.5) is 5.95 Å². The summed E-state index contributed by atoms with van der Waals surface area (Å²) in [5, 5.41) is 12.6. The standard InChI is InChI=1S/C12H11N5O4S/c1-6-7(2)21-10-4-3-8(5-9(10)11(6)18)22(19,20)15-12-13-16-17-14-12/h3-5H,1-2H3,(H2,13,14,15,16,17). The van der Waals surface area contributed by atoms with Crippen molar-refractivity contribution < 1.29 is 12.8 Å². The lowest BCUT2D eigenvalue weighted by atomic mass is 10.1. The molecule has 2 N–H and O–H groups in total. The zero-order valence-electron chi connectivity index (χ0n) is 11.6.